The van der Waals surface area contributed by atoms with Crippen molar-refractivity contribution in [2.45, 2.75) is 23.8 Å². The fraction of sp³-hybridized carbons (Fsp3) is 0.524. The number of para-hydroxylation sites is 1. The maximum absolute atomic E-state index is 12.8. The largest absolute Gasteiger partial charge is 0.381 e. The summed E-state index contributed by atoms with van der Waals surface area (Å²) < 4.78 is 5.47. The molecule has 150 valence electrons. The molecule has 0 saturated carbocycles. The van der Waals surface area contributed by atoms with Gasteiger partial charge in [0.2, 0.25) is 0 Å². The Morgan fingerprint density at radius 1 is 1.39 bits per heavy atom. The molecule has 1 amide bonds. The predicted molar refractivity (Wildman–Crippen MR) is 111 cm³/mol. The van der Waals surface area contributed by atoms with Crippen LogP contribution >= 0.6 is 11.6 Å². The van der Waals surface area contributed by atoms with Crippen molar-refractivity contribution in [2.75, 3.05) is 39.4 Å². The third-order valence-corrected chi connectivity index (χ3v) is 6.50. The first-order chi connectivity index (χ1) is 13.5. The van der Waals surface area contributed by atoms with Gasteiger partial charge in [-0.3, -0.25) is 9.78 Å². The monoisotopic (exact) mass is 402 g/mol. The molecule has 4 rings (SSSR count). The number of carbonyl (C=O) groups is 1. The molecule has 28 heavy (non-hydrogen) atoms. The van der Waals surface area contributed by atoms with E-state index in [4.69, 9.17) is 22.1 Å². The van der Waals surface area contributed by atoms with E-state index < -0.39 is 5.54 Å². The van der Waals surface area contributed by atoms with E-state index in [1.165, 1.54) is 0 Å². The van der Waals surface area contributed by atoms with Gasteiger partial charge in [0.1, 0.15) is 0 Å². The molecule has 2 aliphatic rings. The lowest BCUT2D eigenvalue weighted by atomic mass is 9.87. The number of hydrogen-bond acceptors (Lipinski definition) is 5. The first-order valence-electron chi connectivity index (χ1n) is 9.90. The van der Waals surface area contributed by atoms with Crippen LogP contribution in [0.5, 0.6) is 0 Å². The van der Waals surface area contributed by atoms with Gasteiger partial charge in [-0.25, -0.2) is 0 Å². The van der Waals surface area contributed by atoms with Gasteiger partial charge >= 0.3 is 0 Å². The van der Waals surface area contributed by atoms with Crippen LogP contribution < -0.4 is 11.1 Å². The summed E-state index contributed by atoms with van der Waals surface area (Å²) in [4.78, 5) is 19.5. The number of rotatable bonds is 5. The standard InChI is InChI=1S/C21H27ClN4O2/c22-18-12-26(11-15-6-10-28-13-15)9-7-21(18,23)14-25-20(27)17-5-1-3-16-4-2-8-24-19(16)17/h1-5,8,15,18H,6-7,9-14,23H2,(H,25,27). The summed E-state index contributed by atoms with van der Waals surface area (Å²) >= 11 is 6.67. The third kappa shape index (κ3) is 4.15. The number of nitrogens with zero attached hydrogens (tertiary/aromatic N) is 2. The van der Waals surface area contributed by atoms with E-state index in [1.54, 1.807) is 12.3 Å². The summed E-state index contributed by atoms with van der Waals surface area (Å²) in [6.07, 6.45) is 3.57. The number of ether oxygens (including phenoxy) is 1. The molecule has 3 N–H and O–H groups in total. The Bertz CT molecular complexity index is 837. The van der Waals surface area contributed by atoms with Crippen LogP contribution in [-0.4, -0.2) is 66.1 Å². The van der Waals surface area contributed by atoms with Crippen molar-refractivity contribution in [1.29, 1.82) is 0 Å². The minimum Gasteiger partial charge on any atom is -0.381 e. The highest BCUT2D eigenvalue weighted by Gasteiger charge is 2.39. The number of piperidine rings is 1. The number of carbonyl (C=O) groups excluding carboxylic acids is 1. The van der Waals surface area contributed by atoms with Gasteiger partial charge in [0.25, 0.3) is 5.91 Å². The molecule has 1 aromatic carbocycles. The summed E-state index contributed by atoms with van der Waals surface area (Å²) in [6.45, 7) is 4.68. The Hall–Kier alpha value is -1.73. The van der Waals surface area contributed by atoms with Gasteiger partial charge in [0.05, 0.1) is 28.6 Å². The zero-order valence-electron chi connectivity index (χ0n) is 15.9. The summed E-state index contributed by atoms with van der Waals surface area (Å²) in [5.41, 5.74) is 7.25. The first kappa shape index (κ1) is 19.6. The normalized spacial score (nSPS) is 28.5. The lowest BCUT2D eigenvalue weighted by Crippen LogP contribution is -2.63. The zero-order valence-corrected chi connectivity index (χ0v) is 16.7. The number of hydrogen-bond donors (Lipinski definition) is 2. The molecular formula is C21H27ClN4O2. The van der Waals surface area contributed by atoms with E-state index >= 15 is 0 Å². The lowest BCUT2D eigenvalue weighted by Gasteiger charge is -2.43. The van der Waals surface area contributed by atoms with Crippen molar-refractivity contribution in [3.05, 3.63) is 42.1 Å². The van der Waals surface area contributed by atoms with Gasteiger partial charge in [0.15, 0.2) is 0 Å². The van der Waals surface area contributed by atoms with Crippen LogP contribution in [0.2, 0.25) is 0 Å². The molecule has 0 bridgehead atoms. The molecule has 7 heteroatoms. The molecule has 1 aromatic heterocycles. The highest BCUT2D eigenvalue weighted by atomic mass is 35.5. The van der Waals surface area contributed by atoms with E-state index in [0.717, 1.165) is 51.1 Å². The SMILES string of the molecule is NC1(CNC(=O)c2cccc3cccnc23)CCN(CC2CCOC2)CC1Cl. The number of fused-ring (bicyclic) bond motifs is 1. The van der Waals surface area contributed by atoms with Crippen LogP contribution in [0, 0.1) is 5.92 Å². The fourth-order valence-electron chi connectivity index (χ4n) is 4.11. The highest BCUT2D eigenvalue weighted by molar-refractivity contribution is 6.21. The van der Waals surface area contributed by atoms with Crippen LogP contribution in [0.4, 0.5) is 0 Å². The molecule has 2 saturated heterocycles. The molecule has 2 fully saturated rings. The summed E-state index contributed by atoms with van der Waals surface area (Å²) in [5, 5.41) is 3.72. The van der Waals surface area contributed by atoms with Crippen molar-refractivity contribution in [3.63, 3.8) is 0 Å². The van der Waals surface area contributed by atoms with E-state index in [0.29, 0.717) is 23.5 Å². The van der Waals surface area contributed by atoms with Gasteiger partial charge < -0.3 is 20.7 Å². The number of likely N-dealkylation sites (tertiary alicyclic amines) is 1. The molecule has 2 aromatic rings. The quantitative estimate of drug-likeness (QED) is 0.748. The van der Waals surface area contributed by atoms with Gasteiger partial charge in [0, 0.05) is 44.4 Å². The molecule has 0 aliphatic carbocycles. The molecule has 0 spiro atoms. The number of alkyl halides is 1. The predicted octanol–water partition coefficient (Wildman–Crippen LogP) is 2.01. The maximum atomic E-state index is 12.8. The Morgan fingerprint density at radius 2 is 2.25 bits per heavy atom. The average Bonchev–Trinajstić information content (AvgIpc) is 3.22. The molecule has 0 radical (unpaired) electrons. The first-order valence-corrected chi connectivity index (χ1v) is 10.3. The smallest absolute Gasteiger partial charge is 0.253 e. The Labute approximate surface area is 170 Å². The van der Waals surface area contributed by atoms with Gasteiger partial charge in [-0.2, -0.15) is 0 Å². The molecule has 3 atom stereocenters. The zero-order chi connectivity index (χ0) is 19.6. The van der Waals surface area contributed by atoms with Crippen molar-refractivity contribution in [3.8, 4) is 0 Å². The summed E-state index contributed by atoms with van der Waals surface area (Å²) in [6, 6.07) is 9.42. The van der Waals surface area contributed by atoms with Crippen LogP contribution in [0.25, 0.3) is 10.9 Å². The second kappa shape index (κ2) is 8.33. The number of benzene rings is 1. The molecule has 3 heterocycles. The summed E-state index contributed by atoms with van der Waals surface area (Å²) in [5.74, 6) is 0.427. The number of pyridine rings is 1. The topological polar surface area (TPSA) is 80.5 Å². The number of halogens is 1. The van der Waals surface area contributed by atoms with Crippen molar-refractivity contribution in [1.82, 2.24) is 15.2 Å². The van der Waals surface area contributed by atoms with Crippen molar-refractivity contribution in [2.24, 2.45) is 11.7 Å². The molecule has 2 aliphatic heterocycles. The van der Waals surface area contributed by atoms with Crippen LogP contribution in [-0.2, 0) is 4.74 Å². The third-order valence-electron chi connectivity index (χ3n) is 5.93. The minimum atomic E-state index is -0.613. The Balaban J connectivity index is 1.36. The van der Waals surface area contributed by atoms with Crippen LogP contribution in [0.15, 0.2) is 36.5 Å². The highest BCUT2D eigenvalue weighted by Crippen LogP contribution is 2.26. The molecule has 6 nitrogen and oxygen atoms in total. The van der Waals surface area contributed by atoms with Crippen molar-refractivity contribution < 1.29 is 9.53 Å². The van der Waals surface area contributed by atoms with Gasteiger partial charge in [-0.15, -0.1) is 11.6 Å². The van der Waals surface area contributed by atoms with Crippen LogP contribution in [0.3, 0.4) is 0 Å². The second-order valence-corrected chi connectivity index (χ2v) is 8.53. The summed E-state index contributed by atoms with van der Waals surface area (Å²) in [7, 11) is 0. The van der Waals surface area contributed by atoms with E-state index in [9.17, 15) is 4.79 Å². The van der Waals surface area contributed by atoms with Crippen molar-refractivity contribution >= 4 is 28.4 Å². The van der Waals surface area contributed by atoms with Gasteiger partial charge in [-0.1, -0.05) is 18.2 Å². The van der Waals surface area contributed by atoms with Gasteiger partial charge in [-0.05, 0) is 30.9 Å². The number of amides is 1. The van der Waals surface area contributed by atoms with Crippen LogP contribution in [0.1, 0.15) is 23.2 Å². The average molecular weight is 403 g/mol. The minimum absolute atomic E-state index is 0.163. The van der Waals surface area contributed by atoms with E-state index in [-0.39, 0.29) is 11.3 Å². The maximum Gasteiger partial charge on any atom is 0.253 e. The number of nitrogens with one attached hydrogen (secondary N) is 1. The Kier molecular flexibility index (Phi) is 5.83. The molecule has 3 unspecified atom stereocenters. The van der Waals surface area contributed by atoms with E-state index in [2.05, 4.69) is 15.2 Å². The lowest BCUT2D eigenvalue weighted by molar-refractivity contribution is 0.0920. The Morgan fingerprint density at radius 3 is 3.04 bits per heavy atom. The second-order valence-electron chi connectivity index (χ2n) is 8.00. The molecular weight excluding hydrogens is 376 g/mol. The number of nitrogens with two attached hydrogens (primary N) is 1. The number of aromatic nitrogens is 1. The van der Waals surface area contributed by atoms with E-state index in [1.807, 2.05) is 24.3 Å². The fourth-order valence-corrected chi connectivity index (χ4v) is 4.49.